The van der Waals surface area contributed by atoms with Gasteiger partial charge in [0.2, 0.25) is 11.8 Å². The molecule has 0 radical (unpaired) electrons. The van der Waals surface area contributed by atoms with Gasteiger partial charge < -0.3 is 15.0 Å². The number of anilines is 2. The van der Waals surface area contributed by atoms with Crippen molar-refractivity contribution in [3.05, 3.63) is 82.6 Å². The number of hydrogen-bond acceptors (Lipinski definition) is 5. The van der Waals surface area contributed by atoms with Crippen molar-refractivity contribution in [1.29, 1.82) is 0 Å². The number of nitrogens with zero attached hydrogens (tertiary/aromatic N) is 2. The fourth-order valence-corrected chi connectivity index (χ4v) is 5.57. The van der Waals surface area contributed by atoms with Crippen LogP contribution in [0.5, 0.6) is 11.5 Å². The molecule has 2 fully saturated rings. The van der Waals surface area contributed by atoms with Crippen molar-refractivity contribution in [3.8, 4) is 11.5 Å². The number of imide groups is 1. The van der Waals surface area contributed by atoms with Gasteiger partial charge in [-0.1, -0.05) is 34.8 Å². The molecular weight excluding hydrogens is 581 g/mol. The number of carbonyl (C=O) groups excluding carboxylic acids is 4. The standard InChI is InChI=1S/C30H27BrFN3O5/c1-34(18-19-15-21(32)9-12-25(19)40-24-10-7-20(31)8-11-24)28(38)27(37)33-22-5-4-6-23(16-22)35-26(36)17-30(29(35)39)13-2-3-14-30/h4-12,15-16H,2-3,13-14,17-18H2,1H3,(H,33,37). The first-order valence-corrected chi connectivity index (χ1v) is 13.7. The summed E-state index contributed by atoms with van der Waals surface area (Å²) in [6.07, 6.45) is 3.44. The van der Waals surface area contributed by atoms with Crippen molar-refractivity contribution >= 4 is 50.9 Å². The summed E-state index contributed by atoms with van der Waals surface area (Å²) in [5.74, 6) is -1.88. The summed E-state index contributed by atoms with van der Waals surface area (Å²) in [4.78, 5) is 54.0. The highest BCUT2D eigenvalue weighted by Crippen LogP contribution is 2.48. The Labute approximate surface area is 239 Å². The van der Waals surface area contributed by atoms with Crippen LogP contribution >= 0.6 is 15.9 Å². The summed E-state index contributed by atoms with van der Waals surface area (Å²) in [6.45, 7) is -0.0885. The highest BCUT2D eigenvalue weighted by atomic mass is 79.9. The second kappa shape index (κ2) is 11.2. The largest absolute Gasteiger partial charge is 0.457 e. The van der Waals surface area contributed by atoms with E-state index in [0.717, 1.165) is 22.2 Å². The molecule has 10 heteroatoms. The Hall–Kier alpha value is -4.05. The van der Waals surface area contributed by atoms with Gasteiger partial charge in [0.1, 0.15) is 17.3 Å². The molecule has 0 atom stereocenters. The Morgan fingerprint density at radius 3 is 2.50 bits per heavy atom. The molecule has 5 rings (SSSR count). The third-order valence-corrected chi connectivity index (χ3v) is 7.86. The average Bonchev–Trinajstić information content (AvgIpc) is 3.50. The quantitative estimate of drug-likeness (QED) is 0.282. The van der Waals surface area contributed by atoms with Crippen molar-refractivity contribution in [1.82, 2.24) is 4.90 Å². The molecule has 1 aliphatic heterocycles. The maximum absolute atomic E-state index is 14.1. The molecule has 2 aliphatic rings. The number of nitrogens with one attached hydrogen (secondary N) is 1. The lowest BCUT2D eigenvalue weighted by Gasteiger charge is -2.21. The average molecular weight is 608 g/mol. The number of amides is 4. The van der Waals surface area contributed by atoms with Crippen molar-refractivity contribution in [2.24, 2.45) is 5.41 Å². The van der Waals surface area contributed by atoms with Crippen LogP contribution in [0.4, 0.5) is 15.8 Å². The van der Waals surface area contributed by atoms with Crippen LogP contribution in [0.3, 0.4) is 0 Å². The van der Waals surface area contributed by atoms with E-state index in [1.807, 2.05) is 0 Å². The second-order valence-electron chi connectivity index (χ2n) is 10.2. The fraction of sp³-hybridized carbons (Fsp3) is 0.267. The molecule has 4 amide bonds. The maximum atomic E-state index is 14.1. The molecule has 1 N–H and O–H groups in total. The summed E-state index contributed by atoms with van der Waals surface area (Å²) in [7, 11) is 1.43. The monoisotopic (exact) mass is 607 g/mol. The second-order valence-corrected chi connectivity index (χ2v) is 11.1. The van der Waals surface area contributed by atoms with Gasteiger partial charge in [-0.15, -0.1) is 0 Å². The smallest absolute Gasteiger partial charge is 0.313 e. The van der Waals surface area contributed by atoms with E-state index in [1.165, 1.54) is 36.2 Å². The minimum Gasteiger partial charge on any atom is -0.457 e. The topological polar surface area (TPSA) is 96.0 Å². The minimum absolute atomic E-state index is 0.0885. The third-order valence-electron chi connectivity index (χ3n) is 7.33. The molecule has 1 spiro atoms. The molecule has 3 aromatic rings. The van der Waals surface area contributed by atoms with Crippen LogP contribution in [-0.2, 0) is 25.7 Å². The predicted molar refractivity (Wildman–Crippen MR) is 150 cm³/mol. The lowest BCUT2D eigenvalue weighted by Crippen LogP contribution is -2.37. The van der Waals surface area contributed by atoms with Gasteiger partial charge in [-0.2, -0.15) is 0 Å². The van der Waals surface area contributed by atoms with Crippen molar-refractivity contribution in [2.45, 2.75) is 38.6 Å². The van der Waals surface area contributed by atoms with Crippen LogP contribution < -0.4 is 15.0 Å². The van der Waals surface area contributed by atoms with E-state index in [9.17, 15) is 23.6 Å². The lowest BCUT2D eigenvalue weighted by atomic mass is 9.84. The molecule has 1 heterocycles. The van der Waals surface area contributed by atoms with E-state index in [2.05, 4.69) is 21.2 Å². The molecule has 0 bridgehead atoms. The number of likely N-dealkylation sites (N-methyl/N-ethyl adjacent to an activating group) is 1. The molecule has 1 aliphatic carbocycles. The fourth-order valence-electron chi connectivity index (χ4n) is 5.31. The SMILES string of the molecule is CN(Cc1cc(F)ccc1Oc1ccc(Br)cc1)C(=O)C(=O)Nc1cccc(N2C(=O)CC3(CCCC3)C2=O)c1. The Bertz CT molecular complexity index is 1490. The third kappa shape index (κ3) is 5.62. The first kappa shape index (κ1) is 27.5. The normalized spacial score (nSPS) is 15.9. The van der Waals surface area contributed by atoms with Crippen molar-refractivity contribution in [2.75, 3.05) is 17.3 Å². The van der Waals surface area contributed by atoms with E-state index in [0.29, 0.717) is 35.6 Å². The minimum atomic E-state index is -0.919. The number of carbonyl (C=O) groups is 4. The Kier molecular flexibility index (Phi) is 7.71. The van der Waals surface area contributed by atoms with Crippen LogP contribution in [0.15, 0.2) is 71.2 Å². The summed E-state index contributed by atoms with van der Waals surface area (Å²) < 4.78 is 20.8. The summed E-state index contributed by atoms with van der Waals surface area (Å²) in [5.41, 5.74) is 0.376. The number of hydrogen-bond donors (Lipinski definition) is 1. The Balaban J connectivity index is 1.26. The van der Waals surface area contributed by atoms with Gasteiger partial charge in [-0.05, 0) is 73.5 Å². The number of rotatable bonds is 6. The van der Waals surface area contributed by atoms with E-state index >= 15 is 0 Å². The van der Waals surface area contributed by atoms with Gasteiger partial charge in [0, 0.05) is 35.7 Å². The first-order chi connectivity index (χ1) is 19.1. The predicted octanol–water partition coefficient (Wildman–Crippen LogP) is 5.80. The Morgan fingerprint density at radius 2 is 1.77 bits per heavy atom. The zero-order valence-electron chi connectivity index (χ0n) is 21.8. The van der Waals surface area contributed by atoms with E-state index in [1.54, 1.807) is 42.5 Å². The van der Waals surface area contributed by atoms with Gasteiger partial charge in [-0.25, -0.2) is 9.29 Å². The van der Waals surface area contributed by atoms with E-state index in [4.69, 9.17) is 4.74 Å². The van der Waals surface area contributed by atoms with Crippen LogP contribution in [-0.4, -0.2) is 35.6 Å². The van der Waals surface area contributed by atoms with Crippen LogP contribution in [0.1, 0.15) is 37.7 Å². The number of benzene rings is 3. The van der Waals surface area contributed by atoms with Crippen molar-refractivity contribution < 1.29 is 28.3 Å². The van der Waals surface area contributed by atoms with Gasteiger partial charge in [0.05, 0.1) is 11.1 Å². The van der Waals surface area contributed by atoms with Gasteiger partial charge in [-0.3, -0.25) is 19.2 Å². The van der Waals surface area contributed by atoms with Crippen LogP contribution in [0.2, 0.25) is 0 Å². The number of ether oxygens (including phenoxy) is 1. The molecule has 0 aromatic heterocycles. The van der Waals surface area contributed by atoms with Crippen molar-refractivity contribution in [3.63, 3.8) is 0 Å². The molecule has 206 valence electrons. The molecule has 8 nitrogen and oxygen atoms in total. The molecule has 40 heavy (non-hydrogen) atoms. The van der Waals surface area contributed by atoms with Crippen LogP contribution in [0.25, 0.3) is 0 Å². The van der Waals surface area contributed by atoms with E-state index in [-0.39, 0.29) is 30.5 Å². The number of halogens is 2. The zero-order chi connectivity index (χ0) is 28.4. The first-order valence-electron chi connectivity index (χ1n) is 12.9. The summed E-state index contributed by atoms with van der Waals surface area (Å²) in [6, 6.07) is 17.4. The highest BCUT2D eigenvalue weighted by Gasteiger charge is 2.53. The van der Waals surface area contributed by atoms with E-state index < -0.39 is 23.0 Å². The summed E-state index contributed by atoms with van der Waals surface area (Å²) >= 11 is 3.36. The molecule has 1 saturated carbocycles. The zero-order valence-corrected chi connectivity index (χ0v) is 23.4. The maximum Gasteiger partial charge on any atom is 0.313 e. The molecule has 3 aromatic carbocycles. The van der Waals surface area contributed by atoms with Crippen LogP contribution in [0, 0.1) is 11.2 Å². The van der Waals surface area contributed by atoms with Gasteiger partial charge in [0.15, 0.2) is 0 Å². The Morgan fingerprint density at radius 1 is 1.05 bits per heavy atom. The highest BCUT2D eigenvalue weighted by molar-refractivity contribution is 9.10. The van der Waals surface area contributed by atoms with Gasteiger partial charge >= 0.3 is 11.8 Å². The molecular formula is C30H27BrFN3O5. The summed E-state index contributed by atoms with van der Waals surface area (Å²) in [5, 5.41) is 2.54. The molecule has 0 unspecified atom stereocenters. The lowest BCUT2D eigenvalue weighted by molar-refractivity contribution is -0.142. The van der Waals surface area contributed by atoms with Gasteiger partial charge in [0.25, 0.3) is 0 Å². The molecule has 1 saturated heterocycles.